The van der Waals surface area contributed by atoms with Gasteiger partial charge in [-0.2, -0.15) is 4.98 Å². The minimum absolute atomic E-state index is 0.352. The van der Waals surface area contributed by atoms with Gasteiger partial charge in [0, 0.05) is 9.92 Å². The molecule has 0 aliphatic rings. The highest BCUT2D eigenvalue weighted by Crippen LogP contribution is 2.36. The SMILES string of the molecule is Cc1ccc(Oc2ncnc(Sc3ccc(Cl)cc3)c2N)cc1C. The first-order chi connectivity index (χ1) is 11.5. The predicted molar refractivity (Wildman–Crippen MR) is 98.0 cm³/mol. The van der Waals surface area contributed by atoms with Crippen molar-refractivity contribution in [2.75, 3.05) is 5.73 Å². The Kier molecular flexibility index (Phi) is 4.92. The molecule has 0 amide bonds. The lowest BCUT2D eigenvalue weighted by molar-refractivity contribution is 0.461. The molecule has 0 aliphatic heterocycles. The third-order valence-corrected chi connectivity index (χ3v) is 4.81. The van der Waals surface area contributed by atoms with E-state index in [2.05, 4.69) is 16.9 Å². The van der Waals surface area contributed by atoms with Gasteiger partial charge in [-0.25, -0.2) is 4.98 Å². The molecule has 0 atom stereocenters. The van der Waals surface area contributed by atoms with Gasteiger partial charge in [-0.15, -0.1) is 0 Å². The Labute approximate surface area is 150 Å². The Morgan fingerprint density at radius 3 is 2.46 bits per heavy atom. The van der Waals surface area contributed by atoms with Crippen molar-refractivity contribution in [1.29, 1.82) is 0 Å². The number of benzene rings is 2. The Balaban J connectivity index is 1.84. The second-order valence-electron chi connectivity index (χ2n) is 5.30. The highest BCUT2D eigenvalue weighted by atomic mass is 35.5. The van der Waals surface area contributed by atoms with E-state index in [-0.39, 0.29) is 0 Å². The van der Waals surface area contributed by atoms with Crippen molar-refractivity contribution in [3.05, 3.63) is 64.9 Å². The first kappa shape index (κ1) is 16.6. The summed E-state index contributed by atoms with van der Waals surface area (Å²) in [7, 11) is 0. The summed E-state index contributed by atoms with van der Waals surface area (Å²) < 4.78 is 5.83. The normalized spacial score (nSPS) is 10.6. The van der Waals surface area contributed by atoms with E-state index >= 15 is 0 Å². The maximum Gasteiger partial charge on any atom is 0.247 e. The molecule has 0 fully saturated rings. The van der Waals surface area contributed by atoms with Crippen LogP contribution in [0, 0.1) is 13.8 Å². The van der Waals surface area contributed by atoms with Crippen molar-refractivity contribution in [3.8, 4) is 11.6 Å². The molecule has 2 N–H and O–H groups in total. The van der Waals surface area contributed by atoms with Crippen molar-refractivity contribution in [1.82, 2.24) is 9.97 Å². The van der Waals surface area contributed by atoms with Crippen LogP contribution in [-0.4, -0.2) is 9.97 Å². The summed E-state index contributed by atoms with van der Waals surface area (Å²) in [5, 5.41) is 1.33. The number of anilines is 1. The minimum atomic E-state index is 0.352. The first-order valence-corrected chi connectivity index (χ1v) is 8.51. The molecule has 2 aromatic carbocycles. The lowest BCUT2D eigenvalue weighted by Crippen LogP contribution is -1.99. The quantitative estimate of drug-likeness (QED) is 0.644. The van der Waals surface area contributed by atoms with Gasteiger partial charge in [0.05, 0.1) is 0 Å². The summed E-state index contributed by atoms with van der Waals surface area (Å²) >= 11 is 7.34. The van der Waals surface area contributed by atoms with Crippen LogP contribution in [0.2, 0.25) is 5.02 Å². The van der Waals surface area contributed by atoms with Crippen LogP contribution in [0.1, 0.15) is 11.1 Å². The van der Waals surface area contributed by atoms with Gasteiger partial charge in [-0.1, -0.05) is 29.4 Å². The van der Waals surface area contributed by atoms with Gasteiger partial charge in [0.15, 0.2) is 0 Å². The molecule has 24 heavy (non-hydrogen) atoms. The number of nitrogens with zero attached hydrogens (tertiary/aromatic N) is 2. The van der Waals surface area contributed by atoms with E-state index in [1.807, 2.05) is 49.4 Å². The van der Waals surface area contributed by atoms with Gasteiger partial charge < -0.3 is 10.5 Å². The van der Waals surface area contributed by atoms with E-state index in [4.69, 9.17) is 22.1 Å². The van der Waals surface area contributed by atoms with Crippen LogP contribution < -0.4 is 10.5 Å². The van der Waals surface area contributed by atoms with Crippen LogP contribution in [0.4, 0.5) is 5.69 Å². The molecule has 0 spiro atoms. The van der Waals surface area contributed by atoms with Crippen LogP contribution in [0.3, 0.4) is 0 Å². The topological polar surface area (TPSA) is 61.0 Å². The molecule has 0 aliphatic carbocycles. The summed E-state index contributed by atoms with van der Waals surface area (Å²) in [6.07, 6.45) is 1.45. The molecular weight excluding hydrogens is 342 g/mol. The zero-order valence-electron chi connectivity index (χ0n) is 13.3. The van der Waals surface area contributed by atoms with Crippen molar-refractivity contribution >= 4 is 29.1 Å². The maximum atomic E-state index is 6.18. The highest BCUT2D eigenvalue weighted by molar-refractivity contribution is 7.99. The second-order valence-corrected chi connectivity index (χ2v) is 6.80. The van der Waals surface area contributed by atoms with E-state index in [0.717, 1.165) is 10.5 Å². The fourth-order valence-corrected chi connectivity index (χ4v) is 2.95. The van der Waals surface area contributed by atoms with E-state index in [1.165, 1.54) is 23.7 Å². The second kappa shape index (κ2) is 7.11. The molecule has 0 bridgehead atoms. The van der Waals surface area contributed by atoms with Gasteiger partial charge in [-0.05, 0) is 61.4 Å². The third-order valence-electron chi connectivity index (χ3n) is 3.53. The Morgan fingerprint density at radius 2 is 1.75 bits per heavy atom. The highest BCUT2D eigenvalue weighted by Gasteiger charge is 2.12. The van der Waals surface area contributed by atoms with E-state index in [1.54, 1.807) is 0 Å². The van der Waals surface area contributed by atoms with Crippen molar-refractivity contribution < 1.29 is 4.74 Å². The van der Waals surface area contributed by atoms with Crippen LogP contribution in [0.25, 0.3) is 0 Å². The molecule has 4 nitrogen and oxygen atoms in total. The molecule has 0 saturated carbocycles. The standard InChI is InChI=1S/C18H16ClN3OS/c1-11-3-6-14(9-12(11)2)23-17-16(20)18(22-10-21-17)24-15-7-4-13(19)5-8-15/h3-10H,20H2,1-2H3. The fourth-order valence-electron chi connectivity index (χ4n) is 2.03. The average Bonchev–Trinajstić information content (AvgIpc) is 2.57. The molecular formula is C18H16ClN3OS. The number of halogens is 1. The van der Waals surface area contributed by atoms with Gasteiger partial charge in [-0.3, -0.25) is 0 Å². The van der Waals surface area contributed by atoms with E-state index in [0.29, 0.717) is 27.4 Å². The number of rotatable bonds is 4. The Bertz CT molecular complexity index is 869. The first-order valence-electron chi connectivity index (χ1n) is 7.32. The molecule has 0 unspecified atom stereocenters. The number of ether oxygens (including phenoxy) is 1. The number of hydrogen-bond acceptors (Lipinski definition) is 5. The van der Waals surface area contributed by atoms with E-state index < -0.39 is 0 Å². The molecule has 0 saturated heterocycles. The number of hydrogen-bond donors (Lipinski definition) is 1. The lowest BCUT2D eigenvalue weighted by Gasteiger charge is -2.11. The number of aromatic nitrogens is 2. The lowest BCUT2D eigenvalue weighted by atomic mass is 10.1. The molecule has 122 valence electrons. The van der Waals surface area contributed by atoms with Gasteiger partial charge >= 0.3 is 0 Å². The molecule has 3 aromatic rings. The van der Waals surface area contributed by atoms with Gasteiger partial charge in [0.1, 0.15) is 22.8 Å². The van der Waals surface area contributed by atoms with Crippen LogP contribution in [-0.2, 0) is 0 Å². The van der Waals surface area contributed by atoms with Gasteiger partial charge in [0.2, 0.25) is 5.88 Å². The van der Waals surface area contributed by atoms with Crippen molar-refractivity contribution in [3.63, 3.8) is 0 Å². The predicted octanol–water partition coefficient (Wildman–Crippen LogP) is 5.27. The summed E-state index contributed by atoms with van der Waals surface area (Å²) in [6, 6.07) is 13.3. The largest absolute Gasteiger partial charge is 0.437 e. The summed E-state index contributed by atoms with van der Waals surface area (Å²) in [4.78, 5) is 9.38. The fraction of sp³-hybridized carbons (Fsp3) is 0.111. The maximum absolute atomic E-state index is 6.18. The number of nitrogen functional groups attached to an aromatic ring is 1. The molecule has 1 aromatic heterocycles. The molecule has 0 radical (unpaired) electrons. The van der Waals surface area contributed by atoms with Crippen LogP contribution >= 0.6 is 23.4 Å². The Hall–Kier alpha value is -2.24. The molecule has 6 heteroatoms. The van der Waals surface area contributed by atoms with Crippen LogP contribution in [0.15, 0.2) is 58.7 Å². The molecule has 3 rings (SSSR count). The molecule has 1 heterocycles. The summed E-state index contributed by atoms with van der Waals surface area (Å²) in [5.74, 6) is 1.05. The van der Waals surface area contributed by atoms with E-state index in [9.17, 15) is 0 Å². The minimum Gasteiger partial charge on any atom is -0.437 e. The zero-order valence-corrected chi connectivity index (χ0v) is 14.9. The number of nitrogens with two attached hydrogens (primary N) is 1. The Morgan fingerprint density at radius 1 is 1.00 bits per heavy atom. The van der Waals surface area contributed by atoms with Crippen molar-refractivity contribution in [2.24, 2.45) is 0 Å². The van der Waals surface area contributed by atoms with Gasteiger partial charge in [0.25, 0.3) is 0 Å². The average molecular weight is 358 g/mol. The third kappa shape index (κ3) is 3.80. The summed E-state index contributed by atoms with van der Waals surface area (Å²) in [6.45, 7) is 4.09. The summed E-state index contributed by atoms with van der Waals surface area (Å²) in [5.41, 5.74) is 8.95. The van der Waals surface area contributed by atoms with Crippen LogP contribution in [0.5, 0.6) is 11.6 Å². The number of aryl methyl sites for hydroxylation is 2. The van der Waals surface area contributed by atoms with Crippen molar-refractivity contribution in [2.45, 2.75) is 23.8 Å². The zero-order chi connectivity index (χ0) is 17.1. The monoisotopic (exact) mass is 357 g/mol. The smallest absolute Gasteiger partial charge is 0.247 e.